The summed E-state index contributed by atoms with van der Waals surface area (Å²) in [6, 6.07) is 2.43. The lowest BCUT2D eigenvalue weighted by Crippen LogP contribution is -2.05. The fraction of sp³-hybridized carbons (Fsp3) is 0.571. The first-order valence-corrected chi connectivity index (χ1v) is 6.92. The zero-order valence-electron chi connectivity index (χ0n) is 11.9. The lowest BCUT2D eigenvalue weighted by Gasteiger charge is -2.08. The third-order valence-electron chi connectivity index (χ3n) is 3.15. The molecule has 0 aliphatic carbocycles. The highest BCUT2D eigenvalue weighted by atomic mass is 16.5. The summed E-state index contributed by atoms with van der Waals surface area (Å²) in [6.45, 7) is 7.86. The summed E-state index contributed by atoms with van der Waals surface area (Å²) in [7, 11) is 0. The highest BCUT2D eigenvalue weighted by molar-refractivity contribution is 5.12. The Bertz CT molecular complexity index is 503. The van der Waals surface area contributed by atoms with E-state index in [1.807, 2.05) is 27.8 Å². The van der Waals surface area contributed by atoms with Crippen molar-refractivity contribution >= 4 is 0 Å². The van der Waals surface area contributed by atoms with Crippen molar-refractivity contribution in [3.63, 3.8) is 0 Å². The van der Waals surface area contributed by atoms with Gasteiger partial charge in [-0.2, -0.15) is 10.2 Å². The van der Waals surface area contributed by atoms with E-state index in [0.29, 0.717) is 12.6 Å². The first kappa shape index (κ1) is 13.6. The van der Waals surface area contributed by atoms with Gasteiger partial charge in [0, 0.05) is 18.8 Å². The third kappa shape index (κ3) is 3.59. The van der Waals surface area contributed by atoms with E-state index in [1.165, 1.54) is 0 Å². The minimum absolute atomic E-state index is 0.432. The summed E-state index contributed by atoms with van der Waals surface area (Å²) in [5, 5.41) is 8.73. The van der Waals surface area contributed by atoms with Crippen molar-refractivity contribution in [3.05, 3.63) is 30.4 Å². The molecule has 0 spiro atoms. The van der Waals surface area contributed by atoms with Crippen molar-refractivity contribution in [2.75, 3.05) is 0 Å². The van der Waals surface area contributed by atoms with Crippen LogP contribution in [-0.4, -0.2) is 19.6 Å². The second-order valence-electron chi connectivity index (χ2n) is 4.77. The smallest absolute Gasteiger partial charge is 0.157 e. The highest BCUT2D eigenvalue weighted by Gasteiger charge is 2.06. The first-order valence-electron chi connectivity index (χ1n) is 6.92. The average Bonchev–Trinajstić information content (AvgIpc) is 3.05. The quantitative estimate of drug-likeness (QED) is 0.770. The van der Waals surface area contributed by atoms with Crippen LogP contribution in [0.1, 0.15) is 45.3 Å². The fourth-order valence-electron chi connectivity index (χ4n) is 1.81. The van der Waals surface area contributed by atoms with Gasteiger partial charge in [-0.3, -0.25) is 9.36 Å². The Morgan fingerprint density at radius 2 is 2.21 bits per heavy atom. The van der Waals surface area contributed by atoms with Crippen LogP contribution < -0.4 is 4.74 Å². The average molecular weight is 262 g/mol. The van der Waals surface area contributed by atoms with E-state index < -0.39 is 0 Å². The van der Waals surface area contributed by atoms with Crippen molar-refractivity contribution in [1.82, 2.24) is 19.6 Å². The van der Waals surface area contributed by atoms with Gasteiger partial charge in [0.05, 0.1) is 18.1 Å². The molecule has 104 valence electrons. The monoisotopic (exact) mass is 262 g/mol. The predicted octanol–water partition coefficient (Wildman–Crippen LogP) is 3.04. The molecule has 2 aromatic rings. The van der Waals surface area contributed by atoms with Crippen LogP contribution in [0.4, 0.5) is 0 Å². The van der Waals surface area contributed by atoms with Crippen LogP contribution >= 0.6 is 0 Å². The van der Waals surface area contributed by atoms with Gasteiger partial charge >= 0.3 is 0 Å². The summed E-state index contributed by atoms with van der Waals surface area (Å²) < 4.78 is 9.57. The summed E-state index contributed by atoms with van der Waals surface area (Å²) in [4.78, 5) is 0. The fourth-order valence-corrected chi connectivity index (χ4v) is 1.81. The van der Waals surface area contributed by atoms with Crippen LogP contribution in [0, 0.1) is 0 Å². The van der Waals surface area contributed by atoms with Gasteiger partial charge in [0.2, 0.25) is 0 Å². The molecule has 0 aromatic carbocycles. The van der Waals surface area contributed by atoms with Crippen molar-refractivity contribution in [1.29, 1.82) is 0 Å². The van der Waals surface area contributed by atoms with Gasteiger partial charge in [0.1, 0.15) is 6.61 Å². The molecule has 0 radical (unpaired) electrons. The summed E-state index contributed by atoms with van der Waals surface area (Å²) in [5.41, 5.74) is 0.948. The molecule has 2 aromatic heterocycles. The second kappa shape index (κ2) is 6.41. The van der Waals surface area contributed by atoms with Crippen LogP contribution in [0.15, 0.2) is 24.7 Å². The molecule has 0 aliphatic rings. The van der Waals surface area contributed by atoms with Crippen LogP contribution in [0.25, 0.3) is 0 Å². The summed E-state index contributed by atoms with van der Waals surface area (Å²) in [5.74, 6) is 0.798. The van der Waals surface area contributed by atoms with Crippen LogP contribution in [0.2, 0.25) is 0 Å². The SMILES string of the molecule is CCCn1cc(OCc2ccn(C(C)CC)n2)cn1. The van der Waals surface area contributed by atoms with Crippen molar-refractivity contribution < 1.29 is 4.74 Å². The van der Waals surface area contributed by atoms with Crippen LogP contribution in [0.3, 0.4) is 0 Å². The van der Waals surface area contributed by atoms with Crippen LogP contribution in [-0.2, 0) is 13.2 Å². The molecule has 1 unspecified atom stereocenters. The van der Waals surface area contributed by atoms with Crippen molar-refractivity contribution in [2.24, 2.45) is 0 Å². The molecule has 19 heavy (non-hydrogen) atoms. The minimum atomic E-state index is 0.432. The molecule has 0 N–H and O–H groups in total. The number of rotatable bonds is 7. The zero-order valence-corrected chi connectivity index (χ0v) is 11.9. The molecule has 5 heteroatoms. The Morgan fingerprint density at radius 1 is 1.37 bits per heavy atom. The lowest BCUT2D eigenvalue weighted by molar-refractivity contribution is 0.297. The summed E-state index contributed by atoms with van der Waals surface area (Å²) in [6.07, 6.45) is 7.83. The molecule has 0 aliphatic heterocycles. The molecular weight excluding hydrogens is 240 g/mol. The number of ether oxygens (including phenoxy) is 1. The van der Waals surface area contributed by atoms with E-state index in [9.17, 15) is 0 Å². The van der Waals surface area contributed by atoms with Gasteiger partial charge in [0.25, 0.3) is 0 Å². The normalized spacial score (nSPS) is 12.6. The zero-order chi connectivity index (χ0) is 13.7. The molecule has 0 saturated carbocycles. The predicted molar refractivity (Wildman–Crippen MR) is 74.1 cm³/mol. The second-order valence-corrected chi connectivity index (χ2v) is 4.77. The van der Waals surface area contributed by atoms with Crippen molar-refractivity contribution in [3.8, 4) is 5.75 Å². The Kier molecular flexibility index (Phi) is 4.60. The molecule has 0 saturated heterocycles. The van der Waals surface area contributed by atoms with Gasteiger partial charge < -0.3 is 4.74 Å². The number of aryl methyl sites for hydroxylation is 1. The van der Waals surface area contributed by atoms with Gasteiger partial charge in [0.15, 0.2) is 5.75 Å². The third-order valence-corrected chi connectivity index (χ3v) is 3.15. The highest BCUT2D eigenvalue weighted by Crippen LogP contribution is 2.13. The van der Waals surface area contributed by atoms with Crippen molar-refractivity contribution in [2.45, 2.75) is 52.8 Å². The van der Waals surface area contributed by atoms with Crippen LogP contribution in [0.5, 0.6) is 5.75 Å². The van der Waals surface area contributed by atoms with E-state index in [4.69, 9.17) is 4.74 Å². The molecule has 2 heterocycles. The van der Waals surface area contributed by atoms with E-state index >= 15 is 0 Å². The van der Waals surface area contributed by atoms with E-state index in [0.717, 1.165) is 30.8 Å². The Morgan fingerprint density at radius 3 is 2.95 bits per heavy atom. The first-order chi connectivity index (χ1) is 9.22. The largest absolute Gasteiger partial charge is 0.484 e. The van der Waals surface area contributed by atoms with E-state index in [1.54, 1.807) is 6.20 Å². The van der Waals surface area contributed by atoms with Gasteiger partial charge in [-0.15, -0.1) is 0 Å². The van der Waals surface area contributed by atoms with Gasteiger partial charge in [-0.1, -0.05) is 13.8 Å². The lowest BCUT2D eigenvalue weighted by atomic mass is 10.3. The Hall–Kier alpha value is -1.78. The summed E-state index contributed by atoms with van der Waals surface area (Å²) >= 11 is 0. The number of nitrogens with zero attached hydrogens (tertiary/aromatic N) is 4. The Labute approximate surface area is 114 Å². The van der Waals surface area contributed by atoms with Gasteiger partial charge in [-0.05, 0) is 25.8 Å². The standard InChI is InChI=1S/C14H22N4O/c1-4-7-17-10-14(9-15-17)19-11-13-6-8-18(16-13)12(3)5-2/h6,8-10,12H,4-5,7,11H2,1-3H3. The Balaban J connectivity index is 1.89. The maximum Gasteiger partial charge on any atom is 0.157 e. The van der Waals surface area contributed by atoms with E-state index in [-0.39, 0.29) is 0 Å². The van der Waals surface area contributed by atoms with Gasteiger partial charge in [-0.25, -0.2) is 0 Å². The number of hydrogen-bond acceptors (Lipinski definition) is 3. The molecular formula is C14H22N4O. The molecule has 0 amide bonds. The molecule has 1 atom stereocenters. The van der Waals surface area contributed by atoms with E-state index in [2.05, 4.69) is 31.0 Å². The number of aromatic nitrogens is 4. The molecule has 5 nitrogen and oxygen atoms in total. The maximum atomic E-state index is 5.69. The molecule has 0 fully saturated rings. The maximum absolute atomic E-state index is 5.69. The molecule has 2 rings (SSSR count). The molecule has 0 bridgehead atoms. The minimum Gasteiger partial charge on any atom is -0.484 e. The topological polar surface area (TPSA) is 44.9 Å². The number of hydrogen-bond donors (Lipinski definition) is 0.